The lowest BCUT2D eigenvalue weighted by atomic mass is 10.1. The van der Waals surface area contributed by atoms with Gasteiger partial charge in [-0.1, -0.05) is 35.5 Å². The van der Waals surface area contributed by atoms with E-state index in [0.717, 1.165) is 23.2 Å². The zero-order valence-electron chi connectivity index (χ0n) is 17.3. The molecule has 0 spiro atoms. The number of halogens is 3. The van der Waals surface area contributed by atoms with Crippen molar-refractivity contribution in [1.82, 2.24) is 15.5 Å². The molecule has 0 radical (unpaired) electrons. The van der Waals surface area contributed by atoms with Gasteiger partial charge in [0, 0.05) is 36.5 Å². The van der Waals surface area contributed by atoms with Crippen molar-refractivity contribution in [2.24, 2.45) is 0 Å². The van der Waals surface area contributed by atoms with Crippen molar-refractivity contribution in [1.29, 1.82) is 0 Å². The van der Waals surface area contributed by atoms with Gasteiger partial charge >= 0.3 is 6.18 Å². The smallest absolute Gasteiger partial charge is 0.355 e. The number of benzene rings is 2. The van der Waals surface area contributed by atoms with Crippen LogP contribution in [-0.2, 0) is 6.18 Å². The number of rotatable bonds is 4. The van der Waals surface area contributed by atoms with Crippen molar-refractivity contribution in [3.8, 4) is 11.3 Å². The molecule has 6 nitrogen and oxygen atoms in total. The number of amides is 1. The minimum absolute atomic E-state index is 0.145. The molecule has 5 rings (SSSR count). The van der Waals surface area contributed by atoms with Crippen LogP contribution in [0.4, 0.5) is 19.0 Å². The summed E-state index contributed by atoms with van der Waals surface area (Å²) in [4.78, 5) is 18.7. The van der Waals surface area contributed by atoms with Crippen LogP contribution in [0.1, 0.15) is 22.3 Å². The Morgan fingerprint density at radius 1 is 1.09 bits per heavy atom. The molecule has 1 N–H and O–H groups in total. The van der Waals surface area contributed by atoms with Gasteiger partial charge in [-0.05, 0) is 36.8 Å². The Hall–Kier alpha value is -3.88. The lowest BCUT2D eigenvalue weighted by Crippen LogP contribution is -2.37. The summed E-state index contributed by atoms with van der Waals surface area (Å²) >= 11 is 0. The summed E-state index contributed by atoms with van der Waals surface area (Å²) in [7, 11) is 0. The number of nitrogens with zero attached hydrogens (tertiary/aromatic N) is 3. The molecule has 33 heavy (non-hydrogen) atoms. The van der Waals surface area contributed by atoms with Crippen molar-refractivity contribution >= 4 is 22.6 Å². The zero-order chi connectivity index (χ0) is 23.0. The van der Waals surface area contributed by atoms with Crippen LogP contribution in [0.2, 0.25) is 0 Å². The van der Waals surface area contributed by atoms with E-state index in [9.17, 15) is 18.0 Å². The number of hydrogen-bond acceptors (Lipinski definition) is 5. The first-order valence-electron chi connectivity index (χ1n) is 10.4. The molecular formula is C24H19F3N4O2. The number of carbonyl (C=O) groups excluding carboxylic acids is 1. The number of aromatic nitrogens is 2. The Labute approximate surface area is 187 Å². The molecule has 1 unspecified atom stereocenters. The van der Waals surface area contributed by atoms with Crippen molar-refractivity contribution in [3.63, 3.8) is 0 Å². The lowest BCUT2D eigenvalue weighted by molar-refractivity contribution is -0.137. The minimum Gasteiger partial charge on any atom is -0.355 e. The van der Waals surface area contributed by atoms with E-state index < -0.39 is 11.7 Å². The maximum atomic E-state index is 12.9. The second-order valence-electron chi connectivity index (χ2n) is 7.92. The third-order valence-corrected chi connectivity index (χ3v) is 5.70. The largest absolute Gasteiger partial charge is 0.417 e. The number of pyridine rings is 1. The van der Waals surface area contributed by atoms with Crippen LogP contribution >= 0.6 is 0 Å². The number of anilines is 1. The summed E-state index contributed by atoms with van der Waals surface area (Å²) in [5.74, 6) is 0.822. The molecule has 1 atom stereocenters. The van der Waals surface area contributed by atoms with Gasteiger partial charge in [0.2, 0.25) is 0 Å². The normalized spacial score (nSPS) is 16.3. The molecule has 4 aromatic rings. The molecule has 3 heterocycles. The summed E-state index contributed by atoms with van der Waals surface area (Å²) in [6.45, 7) is 1.06. The number of carbonyl (C=O) groups is 1. The molecule has 2 aromatic carbocycles. The monoisotopic (exact) mass is 452 g/mol. The molecule has 0 bridgehead atoms. The summed E-state index contributed by atoms with van der Waals surface area (Å²) in [6.07, 6.45) is -2.92. The Kier molecular flexibility index (Phi) is 5.24. The van der Waals surface area contributed by atoms with Gasteiger partial charge in [-0.25, -0.2) is 4.98 Å². The predicted octanol–water partition coefficient (Wildman–Crippen LogP) is 4.92. The lowest BCUT2D eigenvalue weighted by Gasteiger charge is -2.18. The van der Waals surface area contributed by atoms with Gasteiger partial charge in [0.05, 0.1) is 10.9 Å². The highest BCUT2D eigenvalue weighted by molar-refractivity contribution is 6.01. The average Bonchev–Trinajstić information content (AvgIpc) is 3.46. The number of alkyl halides is 3. The zero-order valence-corrected chi connectivity index (χ0v) is 17.3. The van der Waals surface area contributed by atoms with E-state index in [1.54, 1.807) is 18.2 Å². The number of fused-ring (bicyclic) bond motifs is 1. The third-order valence-electron chi connectivity index (χ3n) is 5.70. The summed E-state index contributed by atoms with van der Waals surface area (Å²) in [6, 6.07) is 17.0. The molecule has 1 aliphatic rings. The highest BCUT2D eigenvalue weighted by atomic mass is 19.4. The maximum absolute atomic E-state index is 12.9. The van der Waals surface area contributed by atoms with Crippen LogP contribution in [0, 0.1) is 0 Å². The molecule has 1 aliphatic heterocycles. The molecule has 9 heteroatoms. The average molecular weight is 452 g/mol. The van der Waals surface area contributed by atoms with Crippen LogP contribution in [-0.4, -0.2) is 35.2 Å². The van der Waals surface area contributed by atoms with E-state index in [4.69, 9.17) is 4.52 Å². The Morgan fingerprint density at radius 3 is 2.64 bits per heavy atom. The van der Waals surface area contributed by atoms with Gasteiger partial charge < -0.3 is 14.7 Å². The van der Waals surface area contributed by atoms with E-state index in [1.807, 2.05) is 35.2 Å². The summed E-state index contributed by atoms with van der Waals surface area (Å²) < 4.78 is 43.7. The highest BCUT2D eigenvalue weighted by Gasteiger charge is 2.31. The molecule has 0 aliphatic carbocycles. The van der Waals surface area contributed by atoms with E-state index in [0.29, 0.717) is 42.2 Å². The van der Waals surface area contributed by atoms with E-state index in [-0.39, 0.29) is 11.9 Å². The second-order valence-corrected chi connectivity index (χ2v) is 7.92. The van der Waals surface area contributed by atoms with Crippen LogP contribution < -0.4 is 10.2 Å². The standard InChI is InChI=1S/C24H19F3N4O2/c25-24(26,27)17-7-9-21(28-13-17)31-11-10-18(14-31)29-23(32)16-6-8-20-19(12-16)22(33-30-20)15-4-2-1-3-5-15/h1-9,12-13,18H,10-11,14H2,(H,29,32). The SMILES string of the molecule is O=C(NC1CCN(c2ccc(C(F)(F)F)cn2)C1)c1ccc2noc(-c3ccccc3)c2c1. The van der Waals surface area contributed by atoms with Crippen LogP contribution in [0.15, 0.2) is 71.4 Å². The van der Waals surface area contributed by atoms with Gasteiger partial charge in [0.1, 0.15) is 11.3 Å². The third kappa shape index (κ3) is 4.26. The van der Waals surface area contributed by atoms with Gasteiger partial charge in [-0.3, -0.25) is 4.79 Å². The fourth-order valence-electron chi connectivity index (χ4n) is 3.98. The highest BCUT2D eigenvalue weighted by Crippen LogP contribution is 2.31. The Morgan fingerprint density at radius 2 is 1.91 bits per heavy atom. The van der Waals surface area contributed by atoms with E-state index in [2.05, 4.69) is 15.5 Å². The van der Waals surface area contributed by atoms with E-state index >= 15 is 0 Å². The molecule has 1 amide bonds. The summed E-state index contributed by atoms with van der Waals surface area (Å²) in [5, 5.41) is 7.83. The van der Waals surface area contributed by atoms with Crippen molar-refractivity contribution in [2.75, 3.05) is 18.0 Å². The first-order valence-corrected chi connectivity index (χ1v) is 10.4. The molecule has 168 valence electrons. The molecule has 1 saturated heterocycles. The van der Waals surface area contributed by atoms with Crippen LogP contribution in [0.3, 0.4) is 0 Å². The molecule has 0 saturated carbocycles. The van der Waals surface area contributed by atoms with Gasteiger partial charge in [-0.2, -0.15) is 13.2 Å². The first kappa shape index (κ1) is 21.0. The molecule has 2 aromatic heterocycles. The van der Waals surface area contributed by atoms with Crippen LogP contribution in [0.5, 0.6) is 0 Å². The topological polar surface area (TPSA) is 71.3 Å². The first-order chi connectivity index (χ1) is 15.9. The molecule has 1 fully saturated rings. The van der Waals surface area contributed by atoms with Crippen molar-refractivity contribution in [3.05, 3.63) is 78.0 Å². The number of nitrogens with one attached hydrogen (secondary N) is 1. The number of hydrogen-bond donors (Lipinski definition) is 1. The Bertz CT molecular complexity index is 1290. The van der Waals surface area contributed by atoms with Gasteiger partial charge in [-0.15, -0.1) is 0 Å². The Balaban J connectivity index is 1.28. The van der Waals surface area contributed by atoms with Crippen LogP contribution in [0.25, 0.3) is 22.2 Å². The maximum Gasteiger partial charge on any atom is 0.417 e. The predicted molar refractivity (Wildman–Crippen MR) is 117 cm³/mol. The quantitative estimate of drug-likeness (QED) is 0.476. The van der Waals surface area contributed by atoms with E-state index in [1.165, 1.54) is 6.07 Å². The van der Waals surface area contributed by atoms with Crippen molar-refractivity contribution in [2.45, 2.75) is 18.6 Å². The van der Waals surface area contributed by atoms with Gasteiger partial charge in [0.15, 0.2) is 5.76 Å². The fourth-order valence-corrected chi connectivity index (χ4v) is 3.98. The molecular weight excluding hydrogens is 433 g/mol. The minimum atomic E-state index is -4.42. The summed E-state index contributed by atoms with van der Waals surface area (Å²) in [5.41, 5.74) is 1.22. The second kappa shape index (κ2) is 8.23. The van der Waals surface area contributed by atoms with Crippen molar-refractivity contribution < 1.29 is 22.5 Å². The van der Waals surface area contributed by atoms with Gasteiger partial charge in [0.25, 0.3) is 5.91 Å². The fraction of sp³-hybridized carbons (Fsp3) is 0.208.